The van der Waals surface area contributed by atoms with Crippen LogP contribution in [0.15, 0.2) is 4.99 Å². The van der Waals surface area contributed by atoms with Crippen LogP contribution in [0.25, 0.3) is 0 Å². The summed E-state index contributed by atoms with van der Waals surface area (Å²) in [7, 11) is 3.50. The SMILES string of the molecule is CN=C(NCCCN1CCC(C)CC1)NCCN(C)C(=O)OC(C)(C)C.I. The summed E-state index contributed by atoms with van der Waals surface area (Å²) in [4.78, 5) is 20.3. The minimum atomic E-state index is -0.469. The number of carbonyl (C=O) groups is 1. The molecule has 2 N–H and O–H groups in total. The fourth-order valence-corrected chi connectivity index (χ4v) is 2.79. The van der Waals surface area contributed by atoms with Gasteiger partial charge in [0.25, 0.3) is 0 Å². The van der Waals surface area contributed by atoms with Gasteiger partial charge in [0.1, 0.15) is 5.60 Å². The smallest absolute Gasteiger partial charge is 0.410 e. The molecule has 1 saturated heterocycles. The van der Waals surface area contributed by atoms with Gasteiger partial charge in [0.15, 0.2) is 5.96 Å². The highest BCUT2D eigenvalue weighted by molar-refractivity contribution is 14.0. The lowest BCUT2D eigenvalue weighted by Gasteiger charge is -2.30. The van der Waals surface area contributed by atoms with Gasteiger partial charge in [0, 0.05) is 33.7 Å². The molecule has 8 heteroatoms. The highest BCUT2D eigenvalue weighted by Crippen LogP contribution is 2.15. The maximum absolute atomic E-state index is 11.9. The Morgan fingerprint density at radius 3 is 2.37 bits per heavy atom. The summed E-state index contributed by atoms with van der Waals surface area (Å²) in [5, 5.41) is 6.57. The van der Waals surface area contributed by atoms with Crippen LogP contribution in [-0.4, -0.2) is 80.8 Å². The molecule has 0 aromatic rings. The Labute approximate surface area is 182 Å². The van der Waals surface area contributed by atoms with Crippen LogP contribution in [0.2, 0.25) is 0 Å². The molecule has 0 aromatic heterocycles. The Morgan fingerprint density at radius 2 is 1.81 bits per heavy atom. The lowest BCUT2D eigenvalue weighted by Crippen LogP contribution is -2.43. The minimum Gasteiger partial charge on any atom is -0.444 e. The van der Waals surface area contributed by atoms with Gasteiger partial charge in [-0.25, -0.2) is 4.79 Å². The van der Waals surface area contributed by atoms with Gasteiger partial charge >= 0.3 is 6.09 Å². The highest BCUT2D eigenvalue weighted by Gasteiger charge is 2.19. The summed E-state index contributed by atoms with van der Waals surface area (Å²) in [6.07, 6.45) is 3.44. The second kappa shape index (κ2) is 13.4. The second-order valence-electron chi connectivity index (χ2n) is 8.21. The third kappa shape index (κ3) is 12.3. The lowest BCUT2D eigenvalue weighted by atomic mass is 9.99. The van der Waals surface area contributed by atoms with E-state index in [4.69, 9.17) is 4.74 Å². The van der Waals surface area contributed by atoms with Crippen molar-refractivity contribution in [1.82, 2.24) is 20.4 Å². The van der Waals surface area contributed by atoms with E-state index in [1.807, 2.05) is 20.8 Å². The summed E-state index contributed by atoms with van der Waals surface area (Å²) >= 11 is 0. The number of aliphatic imine (C=N–C) groups is 1. The molecule has 0 unspecified atom stereocenters. The minimum absolute atomic E-state index is 0. The largest absolute Gasteiger partial charge is 0.444 e. The normalized spacial score (nSPS) is 16.4. The zero-order chi connectivity index (χ0) is 19.6. The lowest BCUT2D eigenvalue weighted by molar-refractivity contribution is 0.0302. The van der Waals surface area contributed by atoms with E-state index >= 15 is 0 Å². The molecule has 7 nitrogen and oxygen atoms in total. The molecule has 1 fully saturated rings. The molecule has 0 aliphatic carbocycles. The van der Waals surface area contributed by atoms with Crippen LogP contribution in [0.5, 0.6) is 0 Å². The first-order valence-corrected chi connectivity index (χ1v) is 9.82. The number of guanidine groups is 1. The van der Waals surface area contributed by atoms with Gasteiger partial charge in [-0.1, -0.05) is 6.92 Å². The van der Waals surface area contributed by atoms with Crippen LogP contribution >= 0.6 is 24.0 Å². The Balaban J connectivity index is 0.00000676. The first-order chi connectivity index (χ1) is 12.2. The van der Waals surface area contributed by atoms with E-state index in [9.17, 15) is 4.79 Å². The van der Waals surface area contributed by atoms with Crippen molar-refractivity contribution in [2.45, 2.75) is 52.6 Å². The Kier molecular flexibility index (Phi) is 13.0. The molecule has 1 heterocycles. The number of hydrogen-bond donors (Lipinski definition) is 2. The van der Waals surface area contributed by atoms with E-state index in [0.29, 0.717) is 13.1 Å². The summed E-state index contributed by atoms with van der Waals surface area (Å²) in [5.74, 6) is 1.65. The van der Waals surface area contributed by atoms with Crippen molar-refractivity contribution >= 4 is 36.0 Å². The van der Waals surface area contributed by atoms with E-state index in [1.54, 1.807) is 19.0 Å². The Bertz CT molecular complexity index is 446. The number of amides is 1. The van der Waals surface area contributed by atoms with Crippen LogP contribution in [-0.2, 0) is 4.74 Å². The number of rotatable bonds is 7. The van der Waals surface area contributed by atoms with Gasteiger partial charge in [-0.3, -0.25) is 4.99 Å². The van der Waals surface area contributed by atoms with Gasteiger partial charge in [-0.2, -0.15) is 0 Å². The highest BCUT2D eigenvalue weighted by atomic mass is 127. The molecule has 0 bridgehead atoms. The van der Waals surface area contributed by atoms with E-state index in [1.165, 1.54) is 25.9 Å². The summed E-state index contributed by atoms with van der Waals surface area (Å²) in [6.45, 7) is 13.6. The first-order valence-electron chi connectivity index (χ1n) is 9.82. The maximum atomic E-state index is 11.9. The number of halogens is 1. The molecule has 0 atom stereocenters. The average molecular weight is 497 g/mol. The summed E-state index contributed by atoms with van der Waals surface area (Å²) in [6, 6.07) is 0. The molecule has 160 valence electrons. The number of ether oxygens (including phenoxy) is 1. The average Bonchev–Trinajstić information content (AvgIpc) is 2.56. The third-order valence-corrected chi connectivity index (χ3v) is 4.49. The summed E-state index contributed by atoms with van der Waals surface area (Å²) < 4.78 is 5.34. The number of nitrogens with zero attached hydrogens (tertiary/aromatic N) is 3. The van der Waals surface area contributed by atoms with Gasteiger partial charge in [-0.15, -0.1) is 24.0 Å². The predicted molar refractivity (Wildman–Crippen MR) is 123 cm³/mol. The first kappa shape index (κ1) is 26.2. The van der Waals surface area contributed by atoms with Crippen LogP contribution in [0.3, 0.4) is 0 Å². The van der Waals surface area contributed by atoms with Crippen LogP contribution in [0, 0.1) is 5.92 Å². The Morgan fingerprint density at radius 1 is 1.22 bits per heavy atom. The van der Waals surface area contributed by atoms with Gasteiger partial charge in [0.2, 0.25) is 0 Å². The molecular weight excluding hydrogens is 457 g/mol. The molecule has 1 aliphatic heterocycles. The van der Waals surface area contributed by atoms with Gasteiger partial charge in [-0.05, 0) is 65.6 Å². The Hall–Kier alpha value is -0.770. The topological polar surface area (TPSA) is 69.2 Å². The molecule has 1 rings (SSSR count). The van der Waals surface area contributed by atoms with E-state index in [-0.39, 0.29) is 30.1 Å². The number of nitrogens with one attached hydrogen (secondary N) is 2. The van der Waals surface area contributed by atoms with Crippen molar-refractivity contribution in [2.75, 3.05) is 53.4 Å². The van der Waals surface area contributed by atoms with E-state index < -0.39 is 5.60 Å². The quantitative estimate of drug-likeness (QED) is 0.245. The van der Waals surface area contributed by atoms with Crippen LogP contribution < -0.4 is 10.6 Å². The van der Waals surface area contributed by atoms with Crippen LogP contribution in [0.4, 0.5) is 4.79 Å². The standard InChI is InChI=1S/C19H39N5O2.HI/c1-16-8-13-24(14-9-16)12-7-10-21-17(20-5)22-11-15-23(6)18(25)26-19(2,3)4;/h16H,7-15H2,1-6H3,(H2,20,21,22);1H. The van der Waals surface area contributed by atoms with Crippen molar-refractivity contribution in [2.24, 2.45) is 10.9 Å². The number of likely N-dealkylation sites (tertiary alicyclic amines) is 1. The molecule has 27 heavy (non-hydrogen) atoms. The zero-order valence-electron chi connectivity index (χ0n) is 18.0. The van der Waals surface area contributed by atoms with Crippen molar-refractivity contribution in [1.29, 1.82) is 0 Å². The summed E-state index contributed by atoms with van der Waals surface area (Å²) in [5.41, 5.74) is -0.469. The van der Waals surface area contributed by atoms with E-state index in [2.05, 4.69) is 27.4 Å². The third-order valence-electron chi connectivity index (χ3n) is 4.49. The number of piperidine rings is 1. The van der Waals surface area contributed by atoms with Gasteiger partial charge < -0.3 is 25.2 Å². The molecule has 1 amide bonds. The molecule has 0 saturated carbocycles. The van der Waals surface area contributed by atoms with Crippen molar-refractivity contribution < 1.29 is 9.53 Å². The molecule has 1 aliphatic rings. The monoisotopic (exact) mass is 497 g/mol. The van der Waals surface area contributed by atoms with E-state index in [0.717, 1.165) is 31.4 Å². The second-order valence-corrected chi connectivity index (χ2v) is 8.21. The fraction of sp³-hybridized carbons (Fsp3) is 0.895. The molecular formula is C19H40IN5O2. The molecule has 0 radical (unpaired) electrons. The number of carbonyl (C=O) groups excluding carboxylic acids is 1. The molecule has 0 spiro atoms. The number of likely N-dealkylation sites (N-methyl/N-ethyl adjacent to an activating group) is 1. The van der Waals surface area contributed by atoms with Crippen molar-refractivity contribution in [3.05, 3.63) is 0 Å². The fourth-order valence-electron chi connectivity index (χ4n) is 2.79. The maximum Gasteiger partial charge on any atom is 0.410 e. The van der Waals surface area contributed by atoms with Crippen LogP contribution in [0.1, 0.15) is 47.0 Å². The van der Waals surface area contributed by atoms with Crippen molar-refractivity contribution in [3.8, 4) is 0 Å². The zero-order valence-corrected chi connectivity index (χ0v) is 20.3. The molecule has 0 aromatic carbocycles. The van der Waals surface area contributed by atoms with Crippen molar-refractivity contribution in [3.63, 3.8) is 0 Å². The number of hydrogen-bond acceptors (Lipinski definition) is 4. The van der Waals surface area contributed by atoms with Gasteiger partial charge in [0.05, 0.1) is 0 Å². The predicted octanol–water partition coefficient (Wildman–Crippen LogP) is 2.76.